The molecule has 0 atom stereocenters. The molecule has 2 aromatic heterocycles. The van der Waals surface area contributed by atoms with Crippen LogP contribution in [-0.2, 0) is 0 Å². The van der Waals surface area contributed by atoms with E-state index in [2.05, 4.69) is 32.0 Å². The van der Waals surface area contributed by atoms with Crippen molar-refractivity contribution in [2.24, 2.45) is 0 Å². The SMILES string of the molecule is N#CC(=Cc1cn(-c2ccccc2)nc1-c1ccc(Br)cc1)c1nc2ccccc2c(=O)[nH]1. The van der Waals surface area contributed by atoms with Crippen LogP contribution in [0, 0.1) is 11.3 Å². The molecule has 6 nitrogen and oxygen atoms in total. The molecule has 0 radical (unpaired) electrons. The monoisotopic (exact) mass is 493 g/mol. The van der Waals surface area contributed by atoms with E-state index in [0.29, 0.717) is 16.6 Å². The maximum Gasteiger partial charge on any atom is 0.259 e. The summed E-state index contributed by atoms with van der Waals surface area (Å²) in [7, 11) is 0. The average molecular weight is 494 g/mol. The van der Waals surface area contributed by atoms with Gasteiger partial charge in [-0.25, -0.2) is 9.67 Å². The molecule has 3 aromatic carbocycles. The Kier molecular flexibility index (Phi) is 5.43. The number of nitrogens with one attached hydrogen (secondary N) is 1. The van der Waals surface area contributed by atoms with Crippen molar-refractivity contribution < 1.29 is 0 Å². The first-order chi connectivity index (χ1) is 16.1. The molecule has 0 aliphatic rings. The Bertz CT molecular complexity index is 1590. The Morgan fingerprint density at radius 2 is 1.73 bits per heavy atom. The highest BCUT2D eigenvalue weighted by Crippen LogP contribution is 2.28. The van der Waals surface area contributed by atoms with Gasteiger partial charge in [0, 0.05) is 21.8 Å². The van der Waals surface area contributed by atoms with Gasteiger partial charge in [0.25, 0.3) is 5.56 Å². The van der Waals surface area contributed by atoms with Crippen molar-refractivity contribution in [3.05, 3.63) is 111 Å². The van der Waals surface area contributed by atoms with Crippen molar-refractivity contribution in [1.29, 1.82) is 5.26 Å². The second-order valence-corrected chi connectivity index (χ2v) is 8.24. The van der Waals surface area contributed by atoms with Gasteiger partial charge in [-0.2, -0.15) is 10.4 Å². The minimum atomic E-state index is -0.287. The fourth-order valence-corrected chi connectivity index (χ4v) is 3.83. The molecule has 158 valence electrons. The third-order valence-corrected chi connectivity index (χ3v) is 5.70. The van der Waals surface area contributed by atoms with Crippen LogP contribution in [0.15, 0.2) is 94.3 Å². The number of nitriles is 1. The van der Waals surface area contributed by atoms with Gasteiger partial charge in [0.05, 0.1) is 27.9 Å². The van der Waals surface area contributed by atoms with E-state index in [4.69, 9.17) is 5.10 Å². The molecule has 1 N–H and O–H groups in total. The number of H-pyrrole nitrogens is 1. The van der Waals surface area contributed by atoms with E-state index < -0.39 is 0 Å². The zero-order valence-corrected chi connectivity index (χ0v) is 18.8. The molecular formula is C26H16BrN5O. The second kappa shape index (κ2) is 8.69. The maximum absolute atomic E-state index is 12.5. The predicted molar refractivity (Wildman–Crippen MR) is 133 cm³/mol. The van der Waals surface area contributed by atoms with E-state index in [0.717, 1.165) is 21.3 Å². The summed E-state index contributed by atoms with van der Waals surface area (Å²) in [6.07, 6.45) is 3.57. The Morgan fingerprint density at radius 3 is 2.48 bits per heavy atom. The van der Waals surface area contributed by atoms with Crippen LogP contribution in [0.5, 0.6) is 0 Å². The third kappa shape index (κ3) is 4.12. The van der Waals surface area contributed by atoms with E-state index >= 15 is 0 Å². The molecule has 0 saturated carbocycles. The lowest BCUT2D eigenvalue weighted by molar-refractivity contribution is 0.884. The summed E-state index contributed by atoms with van der Waals surface area (Å²) in [5.74, 6) is 0.218. The lowest BCUT2D eigenvalue weighted by Crippen LogP contribution is -2.11. The van der Waals surface area contributed by atoms with E-state index in [1.54, 1.807) is 29.0 Å². The Balaban J connectivity index is 1.68. The number of aromatic amines is 1. The molecule has 5 aromatic rings. The van der Waals surface area contributed by atoms with Crippen molar-refractivity contribution in [3.8, 4) is 23.0 Å². The van der Waals surface area contributed by atoms with E-state index in [1.165, 1.54) is 0 Å². The van der Waals surface area contributed by atoms with Crippen molar-refractivity contribution >= 4 is 38.5 Å². The second-order valence-electron chi connectivity index (χ2n) is 7.32. The summed E-state index contributed by atoms with van der Waals surface area (Å²) < 4.78 is 2.73. The van der Waals surface area contributed by atoms with Crippen molar-refractivity contribution in [2.45, 2.75) is 0 Å². The number of benzene rings is 3. The largest absolute Gasteiger partial charge is 0.305 e. The first kappa shape index (κ1) is 20.6. The van der Waals surface area contributed by atoms with Crippen LogP contribution >= 0.6 is 15.9 Å². The van der Waals surface area contributed by atoms with Gasteiger partial charge in [-0.1, -0.05) is 58.4 Å². The summed E-state index contributed by atoms with van der Waals surface area (Å²) in [5, 5.41) is 15.2. The van der Waals surface area contributed by atoms with Crippen LogP contribution < -0.4 is 5.56 Å². The van der Waals surface area contributed by atoms with Gasteiger partial charge in [0.2, 0.25) is 0 Å². The molecule has 5 rings (SSSR count). The topological polar surface area (TPSA) is 87.4 Å². The number of hydrogen-bond acceptors (Lipinski definition) is 4. The molecule has 33 heavy (non-hydrogen) atoms. The van der Waals surface area contributed by atoms with E-state index in [-0.39, 0.29) is 17.0 Å². The Hall–Kier alpha value is -4.28. The molecular weight excluding hydrogens is 478 g/mol. The molecule has 2 heterocycles. The molecule has 0 bridgehead atoms. The summed E-state index contributed by atoms with van der Waals surface area (Å²) >= 11 is 3.46. The summed E-state index contributed by atoms with van der Waals surface area (Å²) in [4.78, 5) is 19.8. The summed E-state index contributed by atoms with van der Waals surface area (Å²) in [6, 6.07) is 26.8. The predicted octanol–water partition coefficient (Wildman–Crippen LogP) is 5.60. The molecule has 0 fully saturated rings. The van der Waals surface area contributed by atoms with Gasteiger partial charge in [0.15, 0.2) is 5.82 Å². The van der Waals surface area contributed by atoms with E-state index in [1.807, 2.05) is 66.9 Å². The van der Waals surface area contributed by atoms with Gasteiger partial charge < -0.3 is 4.98 Å². The fraction of sp³-hybridized carbons (Fsp3) is 0. The van der Waals surface area contributed by atoms with Crippen LogP contribution in [0.4, 0.5) is 0 Å². The number of aromatic nitrogens is 4. The maximum atomic E-state index is 12.5. The smallest absolute Gasteiger partial charge is 0.259 e. The first-order valence-corrected chi connectivity index (χ1v) is 10.9. The number of allylic oxidation sites excluding steroid dienone is 1. The number of nitrogens with zero attached hydrogens (tertiary/aromatic N) is 4. The van der Waals surface area contributed by atoms with Crippen LogP contribution in [0.2, 0.25) is 0 Å². The minimum Gasteiger partial charge on any atom is -0.305 e. The average Bonchev–Trinajstić information content (AvgIpc) is 3.27. The zero-order chi connectivity index (χ0) is 22.8. The number of halogens is 1. The van der Waals surface area contributed by atoms with Crippen LogP contribution in [0.1, 0.15) is 11.4 Å². The first-order valence-electron chi connectivity index (χ1n) is 10.1. The molecule has 0 unspecified atom stereocenters. The van der Waals surface area contributed by atoms with Crippen molar-refractivity contribution in [2.75, 3.05) is 0 Å². The van der Waals surface area contributed by atoms with Gasteiger partial charge in [-0.05, 0) is 42.5 Å². The Labute approximate surface area is 197 Å². The van der Waals surface area contributed by atoms with Gasteiger partial charge in [-0.3, -0.25) is 4.79 Å². The highest BCUT2D eigenvalue weighted by molar-refractivity contribution is 9.10. The molecule has 0 saturated heterocycles. The van der Waals surface area contributed by atoms with Gasteiger partial charge in [0.1, 0.15) is 6.07 Å². The number of rotatable bonds is 4. The highest BCUT2D eigenvalue weighted by atomic mass is 79.9. The molecule has 0 spiro atoms. The lowest BCUT2D eigenvalue weighted by Gasteiger charge is -2.03. The molecule has 0 aliphatic carbocycles. The van der Waals surface area contributed by atoms with E-state index in [9.17, 15) is 10.1 Å². The van der Waals surface area contributed by atoms with Gasteiger partial charge >= 0.3 is 0 Å². The van der Waals surface area contributed by atoms with Crippen LogP contribution in [-0.4, -0.2) is 19.7 Å². The minimum absolute atomic E-state index is 0.218. The van der Waals surface area contributed by atoms with Crippen molar-refractivity contribution in [3.63, 3.8) is 0 Å². The lowest BCUT2D eigenvalue weighted by atomic mass is 10.1. The van der Waals surface area contributed by atoms with Gasteiger partial charge in [-0.15, -0.1) is 0 Å². The molecule has 0 amide bonds. The zero-order valence-electron chi connectivity index (χ0n) is 17.2. The van der Waals surface area contributed by atoms with Crippen LogP contribution in [0.25, 0.3) is 39.5 Å². The third-order valence-electron chi connectivity index (χ3n) is 5.17. The number of hydrogen-bond donors (Lipinski definition) is 1. The molecule has 0 aliphatic heterocycles. The fourth-order valence-electron chi connectivity index (χ4n) is 3.56. The normalized spacial score (nSPS) is 11.5. The van der Waals surface area contributed by atoms with Crippen LogP contribution in [0.3, 0.4) is 0 Å². The van der Waals surface area contributed by atoms with Crippen molar-refractivity contribution in [1.82, 2.24) is 19.7 Å². The highest BCUT2D eigenvalue weighted by Gasteiger charge is 2.14. The number of para-hydroxylation sites is 2. The Morgan fingerprint density at radius 1 is 1.00 bits per heavy atom. The quantitative estimate of drug-likeness (QED) is 0.330. The summed E-state index contributed by atoms with van der Waals surface area (Å²) in [5.41, 5.74) is 3.72. The summed E-state index contributed by atoms with van der Waals surface area (Å²) in [6.45, 7) is 0. The molecule has 7 heteroatoms. The standard InChI is InChI=1S/C26H16BrN5O/c27-20-12-10-17(11-13-20)24-19(16-32(31-24)21-6-2-1-3-7-21)14-18(15-28)25-29-23-9-5-4-8-22(23)26(33)30-25/h1-14,16H,(H,29,30,33). The number of fused-ring (bicyclic) bond motifs is 1.